The molecule has 0 radical (unpaired) electrons. The largest absolute Gasteiger partial charge is 0.394 e. The van der Waals surface area contributed by atoms with E-state index < -0.39 is 134 Å². The van der Waals surface area contributed by atoms with Crippen molar-refractivity contribution in [3.63, 3.8) is 0 Å². The predicted molar refractivity (Wildman–Crippen MR) is 225 cm³/mol. The van der Waals surface area contributed by atoms with Crippen LogP contribution in [0.1, 0.15) is 113 Å². The summed E-state index contributed by atoms with van der Waals surface area (Å²) in [7, 11) is 0. The highest BCUT2D eigenvalue weighted by atomic mass is 16.8. The first-order valence-corrected chi connectivity index (χ1v) is 24.2. The Morgan fingerprint density at radius 3 is 2.00 bits per heavy atom. The van der Waals surface area contributed by atoms with Gasteiger partial charge in [0.05, 0.1) is 54.9 Å². The average molecular weight is 931 g/mol. The van der Waals surface area contributed by atoms with Crippen LogP contribution in [0.15, 0.2) is 0 Å². The molecule has 2 spiro atoms. The van der Waals surface area contributed by atoms with E-state index in [1.807, 2.05) is 13.8 Å². The van der Waals surface area contributed by atoms with Crippen LogP contribution < -0.4 is 0 Å². The molecule has 374 valence electrons. The number of fused-ring (bicyclic) bond motifs is 2. The normalized spacial score (nSPS) is 58.7. The Hall–Kier alpha value is -0.720. The number of ether oxygens (including phenoxy) is 7. The average Bonchev–Trinajstić information content (AvgIpc) is 3.60. The summed E-state index contributed by atoms with van der Waals surface area (Å²) < 4.78 is 43.4. The Morgan fingerprint density at radius 2 is 1.31 bits per heavy atom. The fraction of sp³-hybridized carbons (Fsp3) is 1.00. The van der Waals surface area contributed by atoms with Crippen LogP contribution in [0.5, 0.6) is 0 Å². The lowest BCUT2D eigenvalue weighted by molar-refractivity contribution is -0.364. The van der Waals surface area contributed by atoms with Crippen LogP contribution in [0.2, 0.25) is 0 Å². The summed E-state index contributed by atoms with van der Waals surface area (Å²) in [6, 6.07) is 0. The molecule has 18 nitrogen and oxygen atoms in total. The summed E-state index contributed by atoms with van der Waals surface area (Å²) in [5.41, 5.74) is -3.24. The third kappa shape index (κ3) is 7.15. The van der Waals surface area contributed by atoms with Gasteiger partial charge in [0, 0.05) is 5.92 Å². The van der Waals surface area contributed by atoms with Gasteiger partial charge in [0.15, 0.2) is 18.9 Å². The first-order chi connectivity index (χ1) is 30.2. The Morgan fingerprint density at radius 1 is 0.631 bits per heavy atom. The lowest BCUT2D eigenvalue weighted by Crippen LogP contribution is -2.64. The zero-order chi connectivity index (χ0) is 47.4. The van der Waals surface area contributed by atoms with Gasteiger partial charge in [-0.25, -0.2) is 0 Å². The van der Waals surface area contributed by atoms with Crippen molar-refractivity contribution < 1.29 is 89.3 Å². The second kappa shape index (κ2) is 16.4. The summed E-state index contributed by atoms with van der Waals surface area (Å²) in [6.45, 7) is 15.4. The highest BCUT2D eigenvalue weighted by molar-refractivity contribution is 5.33. The molecule has 11 N–H and O–H groups in total. The van der Waals surface area contributed by atoms with Gasteiger partial charge >= 0.3 is 0 Å². The minimum atomic E-state index is -1.64. The van der Waals surface area contributed by atoms with Crippen LogP contribution in [0.4, 0.5) is 0 Å². The number of hydrogen-bond acceptors (Lipinski definition) is 18. The van der Waals surface area contributed by atoms with Crippen molar-refractivity contribution in [2.75, 3.05) is 13.2 Å². The number of aliphatic hydroxyl groups is 11. The van der Waals surface area contributed by atoms with E-state index in [1.54, 1.807) is 0 Å². The molecule has 0 aromatic rings. The molecule has 4 aliphatic heterocycles. The molecule has 5 aliphatic carbocycles. The number of hydrogen-bond donors (Lipinski definition) is 11. The van der Waals surface area contributed by atoms with Crippen molar-refractivity contribution >= 4 is 0 Å². The molecule has 0 aromatic heterocycles. The molecule has 0 bridgehead atoms. The summed E-state index contributed by atoms with van der Waals surface area (Å²) in [5, 5.41) is 119. The monoisotopic (exact) mass is 931 g/mol. The molecule has 65 heavy (non-hydrogen) atoms. The third-order valence-corrected chi connectivity index (χ3v) is 19.8. The molecule has 18 heteroatoms. The van der Waals surface area contributed by atoms with Gasteiger partial charge in [0.1, 0.15) is 61.0 Å². The molecular weight excluding hydrogens is 852 g/mol. The van der Waals surface area contributed by atoms with Crippen molar-refractivity contribution in [3.05, 3.63) is 0 Å². The molecule has 9 rings (SSSR count). The van der Waals surface area contributed by atoms with Crippen molar-refractivity contribution in [2.24, 2.45) is 44.8 Å². The Kier molecular flexibility index (Phi) is 12.4. The van der Waals surface area contributed by atoms with Crippen LogP contribution in [0.3, 0.4) is 0 Å². The van der Waals surface area contributed by atoms with Gasteiger partial charge in [-0.1, -0.05) is 27.7 Å². The molecule has 26 atom stereocenters. The zero-order valence-corrected chi connectivity index (χ0v) is 39.2. The molecule has 0 amide bonds. The smallest absolute Gasteiger partial charge is 0.187 e. The molecule has 4 saturated heterocycles. The lowest BCUT2D eigenvalue weighted by Gasteiger charge is -2.64. The quantitative estimate of drug-likeness (QED) is 0.131. The summed E-state index contributed by atoms with van der Waals surface area (Å²) in [4.78, 5) is 0. The predicted octanol–water partition coefficient (Wildman–Crippen LogP) is -0.424. The molecule has 0 unspecified atom stereocenters. The van der Waals surface area contributed by atoms with Crippen LogP contribution in [0.25, 0.3) is 0 Å². The molecule has 9 aliphatic rings. The van der Waals surface area contributed by atoms with Gasteiger partial charge in [-0.05, 0) is 124 Å². The second-order valence-electron chi connectivity index (χ2n) is 23.8. The highest BCUT2D eigenvalue weighted by Crippen LogP contribution is 2.89. The minimum absolute atomic E-state index is 0.0486. The zero-order valence-electron chi connectivity index (χ0n) is 39.2. The van der Waals surface area contributed by atoms with E-state index in [-0.39, 0.29) is 46.0 Å². The van der Waals surface area contributed by atoms with Crippen LogP contribution in [0, 0.1) is 44.8 Å². The minimum Gasteiger partial charge on any atom is -0.394 e. The first-order valence-electron chi connectivity index (χ1n) is 24.2. The Bertz CT molecular complexity index is 1750. The van der Waals surface area contributed by atoms with Crippen molar-refractivity contribution in [3.8, 4) is 0 Å². The van der Waals surface area contributed by atoms with Crippen LogP contribution >= 0.6 is 0 Å². The maximum atomic E-state index is 12.5. The van der Waals surface area contributed by atoms with Gasteiger partial charge in [0.25, 0.3) is 0 Å². The number of rotatable bonds is 9. The highest BCUT2D eigenvalue weighted by Gasteiger charge is 2.85. The van der Waals surface area contributed by atoms with E-state index in [0.29, 0.717) is 32.1 Å². The van der Waals surface area contributed by atoms with E-state index in [0.717, 1.165) is 25.7 Å². The summed E-state index contributed by atoms with van der Waals surface area (Å²) in [6.07, 6.45) is -14.9. The van der Waals surface area contributed by atoms with E-state index in [2.05, 4.69) is 34.6 Å². The van der Waals surface area contributed by atoms with E-state index in [4.69, 9.17) is 33.2 Å². The van der Waals surface area contributed by atoms with Crippen molar-refractivity contribution in [1.29, 1.82) is 0 Å². The molecule has 5 saturated carbocycles. The fourth-order valence-corrected chi connectivity index (χ4v) is 16.4. The fourth-order valence-electron chi connectivity index (χ4n) is 16.4. The van der Waals surface area contributed by atoms with Crippen molar-refractivity contribution in [2.45, 2.75) is 235 Å². The summed E-state index contributed by atoms with van der Waals surface area (Å²) >= 11 is 0. The van der Waals surface area contributed by atoms with Gasteiger partial charge in [-0.15, -0.1) is 0 Å². The summed E-state index contributed by atoms with van der Waals surface area (Å²) in [5.74, 6) is -0.234. The Labute approximate surface area is 381 Å². The Balaban J connectivity index is 0.908. The molecule has 0 aromatic carbocycles. The van der Waals surface area contributed by atoms with E-state index >= 15 is 0 Å². The van der Waals surface area contributed by atoms with Gasteiger partial charge in [-0.2, -0.15) is 0 Å². The molecular formula is C47H78O18. The van der Waals surface area contributed by atoms with E-state index in [1.165, 1.54) is 6.92 Å². The standard InChI is InChI=1S/C47H78O18/c1-20-28(52)31(55)33(57)38(60-20)63-35-29(53)23(51)18-59-40(35)62-26-10-12-47-19-46(47)14-13-43(6)37(22(50)16-44(43,7)25(46)15-21(49)36(47)41(26,2)3)45(8)11-9-27(64-45)42(4,5)65-39-34(58)32(56)30(54)24(17-48)61-39/h20-40,48-58H,9-19H2,1-8H3/t20-,21-,22-,23+,24+,25-,26-,27-,28-,29-,30+,31+,32-,33+,34+,35+,36-,37-,38-,39-,40-,43+,44-,45+,46-,47+/m0/s1. The number of aliphatic hydroxyl groups excluding tert-OH is 11. The van der Waals surface area contributed by atoms with Crippen molar-refractivity contribution in [1.82, 2.24) is 0 Å². The first kappa shape index (κ1) is 49.3. The van der Waals surface area contributed by atoms with Gasteiger partial charge < -0.3 is 89.3 Å². The second-order valence-corrected chi connectivity index (χ2v) is 23.8. The van der Waals surface area contributed by atoms with Gasteiger partial charge in [-0.3, -0.25) is 0 Å². The topological polar surface area (TPSA) is 287 Å². The van der Waals surface area contributed by atoms with Gasteiger partial charge in [0.2, 0.25) is 0 Å². The molecule has 9 fully saturated rings. The van der Waals surface area contributed by atoms with Crippen LogP contribution in [-0.2, 0) is 33.2 Å². The van der Waals surface area contributed by atoms with E-state index in [9.17, 15) is 56.2 Å². The maximum Gasteiger partial charge on any atom is 0.187 e. The molecule has 4 heterocycles. The maximum absolute atomic E-state index is 12.5. The van der Waals surface area contributed by atoms with Crippen LogP contribution in [-0.4, -0.2) is 191 Å². The third-order valence-electron chi connectivity index (χ3n) is 19.8. The lowest BCUT2D eigenvalue weighted by atomic mass is 9.41. The SMILES string of the molecule is C[C@@H]1O[C@@H](O[C@H]2[C@H](O[C@H]3CC[C@]45C[C@]46CC[C@]4(C)[C@@H]([C@@]7(C)CC[C@@H](C(C)(C)O[C@@H]8O[C@H](CO)[C@@H](O)[C@H](O)[C@H]8O)O7)[C@@H](O)C[C@@]4(C)[C@@H]6C[C@H](O)[C@H]5C3(C)C)OC[C@@H](O)[C@@H]2O)[C@H](O)[C@H](O)[C@H]1O.